The molecule has 1 saturated heterocycles. The average molecular weight is 398 g/mol. The molecule has 0 bridgehead atoms. The number of azo groups is 1. The van der Waals surface area contributed by atoms with E-state index in [4.69, 9.17) is 15.2 Å². The number of aromatic nitrogens is 1. The van der Waals surface area contributed by atoms with E-state index in [0.717, 1.165) is 31.0 Å². The molecule has 1 amide bonds. The number of primary amides is 1. The molecule has 1 aliphatic rings. The summed E-state index contributed by atoms with van der Waals surface area (Å²) in [6.45, 7) is 4.59. The van der Waals surface area contributed by atoms with Crippen molar-refractivity contribution in [3.63, 3.8) is 0 Å². The fraction of sp³-hybridized carbons (Fsp3) is 0.400. The number of morpholine rings is 1. The van der Waals surface area contributed by atoms with Crippen LogP contribution in [0.25, 0.3) is 0 Å². The van der Waals surface area contributed by atoms with E-state index in [1.54, 1.807) is 24.3 Å². The lowest BCUT2D eigenvalue weighted by atomic mass is 10.2. The van der Waals surface area contributed by atoms with E-state index in [1.807, 2.05) is 19.2 Å². The minimum absolute atomic E-state index is 0.293. The van der Waals surface area contributed by atoms with Crippen LogP contribution in [0, 0.1) is 0 Å². The number of hydrogen-bond acceptors (Lipinski definition) is 8. The lowest BCUT2D eigenvalue weighted by Gasteiger charge is -2.29. The zero-order chi connectivity index (χ0) is 20.5. The summed E-state index contributed by atoms with van der Waals surface area (Å²) in [5, 5.41) is 11.5. The summed E-state index contributed by atoms with van der Waals surface area (Å²) >= 11 is 0. The summed E-state index contributed by atoms with van der Waals surface area (Å²) in [6.07, 6.45) is 0. The van der Waals surface area contributed by atoms with Gasteiger partial charge in [0, 0.05) is 37.0 Å². The highest BCUT2D eigenvalue weighted by Crippen LogP contribution is 2.23. The Hall–Kier alpha value is -3.04. The van der Waals surface area contributed by atoms with Crippen molar-refractivity contribution in [1.82, 2.24) is 10.3 Å². The first-order chi connectivity index (χ1) is 14.2. The van der Waals surface area contributed by atoms with E-state index in [9.17, 15) is 4.79 Å². The number of nitrogens with two attached hydrogens (primary N) is 1. The van der Waals surface area contributed by atoms with Gasteiger partial charge in [-0.25, -0.2) is 4.98 Å². The number of likely N-dealkylation sites (N-methyl/N-ethyl adjacent to an activating group) is 1. The summed E-state index contributed by atoms with van der Waals surface area (Å²) in [7, 11) is 1.87. The lowest BCUT2D eigenvalue weighted by Crippen LogP contribution is -2.36. The molecule has 0 radical (unpaired) electrons. The molecule has 0 aliphatic carbocycles. The van der Waals surface area contributed by atoms with Gasteiger partial charge in [-0.3, -0.25) is 4.79 Å². The van der Waals surface area contributed by atoms with Crippen LogP contribution in [-0.2, 0) is 11.3 Å². The van der Waals surface area contributed by atoms with Crippen LogP contribution in [0.2, 0.25) is 0 Å². The first-order valence-electron chi connectivity index (χ1n) is 9.54. The molecule has 29 heavy (non-hydrogen) atoms. The smallest absolute Gasteiger partial charge is 0.248 e. The van der Waals surface area contributed by atoms with Crippen molar-refractivity contribution in [1.29, 1.82) is 0 Å². The molecule has 1 aromatic heterocycles. The van der Waals surface area contributed by atoms with Crippen molar-refractivity contribution in [2.24, 2.45) is 16.0 Å². The molecular weight excluding hydrogens is 372 g/mol. The van der Waals surface area contributed by atoms with E-state index in [-0.39, 0.29) is 0 Å². The maximum absolute atomic E-state index is 11.3. The van der Waals surface area contributed by atoms with Gasteiger partial charge in [-0.15, -0.1) is 0 Å². The Morgan fingerprint density at radius 3 is 2.90 bits per heavy atom. The molecule has 9 heteroatoms. The van der Waals surface area contributed by atoms with E-state index >= 15 is 0 Å². The molecule has 2 heterocycles. The fourth-order valence-corrected chi connectivity index (χ4v) is 2.87. The minimum atomic E-state index is -0.495. The highest BCUT2D eigenvalue weighted by molar-refractivity contribution is 5.93. The van der Waals surface area contributed by atoms with Crippen molar-refractivity contribution in [2.75, 3.05) is 51.4 Å². The quantitative estimate of drug-likeness (QED) is 0.492. The second-order valence-corrected chi connectivity index (χ2v) is 6.52. The van der Waals surface area contributed by atoms with Crippen LogP contribution in [0.1, 0.15) is 16.1 Å². The minimum Gasteiger partial charge on any atom is -0.476 e. The molecular formula is C20H26N6O3. The van der Waals surface area contributed by atoms with E-state index in [2.05, 4.69) is 25.4 Å². The summed E-state index contributed by atoms with van der Waals surface area (Å²) in [5.74, 6) is 0.0652. The van der Waals surface area contributed by atoms with Gasteiger partial charge < -0.3 is 25.4 Å². The van der Waals surface area contributed by atoms with Crippen LogP contribution in [0.4, 0.5) is 11.4 Å². The highest BCUT2D eigenvalue weighted by atomic mass is 16.5. The zero-order valence-electron chi connectivity index (χ0n) is 16.5. The third kappa shape index (κ3) is 6.23. The molecule has 1 aliphatic heterocycles. The van der Waals surface area contributed by atoms with Crippen LogP contribution in [0.3, 0.4) is 0 Å². The molecule has 0 saturated carbocycles. The monoisotopic (exact) mass is 398 g/mol. The standard InChI is InChI=1S/C20H26N6O3/c1-22-5-8-29-19-13-18(26-6-9-28-10-7-26)12-17(24-19)14-23-25-16-4-2-3-15(11-16)20(21)27/h2-4,11-13,22H,5-10,14H2,1H3,(H2,21,27). The van der Waals surface area contributed by atoms with Crippen LogP contribution in [0.15, 0.2) is 46.6 Å². The van der Waals surface area contributed by atoms with Crippen LogP contribution in [0.5, 0.6) is 5.88 Å². The maximum atomic E-state index is 11.3. The van der Waals surface area contributed by atoms with Gasteiger partial charge in [-0.05, 0) is 31.3 Å². The first-order valence-corrected chi connectivity index (χ1v) is 9.54. The van der Waals surface area contributed by atoms with Crippen molar-refractivity contribution in [3.8, 4) is 5.88 Å². The van der Waals surface area contributed by atoms with E-state index in [1.165, 1.54) is 0 Å². The normalized spacial score (nSPS) is 14.3. The number of hydrogen-bond donors (Lipinski definition) is 2. The number of amides is 1. The molecule has 154 valence electrons. The van der Waals surface area contributed by atoms with Crippen LogP contribution < -0.4 is 20.7 Å². The van der Waals surface area contributed by atoms with Gasteiger partial charge in [-0.2, -0.15) is 10.2 Å². The number of anilines is 1. The number of nitrogens with zero attached hydrogens (tertiary/aromatic N) is 4. The van der Waals surface area contributed by atoms with Gasteiger partial charge in [0.25, 0.3) is 0 Å². The molecule has 9 nitrogen and oxygen atoms in total. The fourth-order valence-electron chi connectivity index (χ4n) is 2.87. The maximum Gasteiger partial charge on any atom is 0.248 e. The number of ether oxygens (including phenoxy) is 2. The third-order valence-corrected chi connectivity index (χ3v) is 4.37. The average Bonchev–Trinajstić information content (AvgIpc) is 2.75. The number of pyridine rings is 1. The topological polar surface area (TPSA) is 114 Å². The molecule has 3 N–H and O–H groups in total. The molecule has 0 atom stereocenters. The van der Waals surface area contributed by atoms with Gasteiger partial charge in [0.15, 0.2) is 0 Å². The number of rotatable bonds is 9. The Morgan fingerprint density at radius 2 is 2.14 bits per heavy atom. The molecule has 0 unspecified atom stereocenters. The Kier molecular flexibility index (Phi) is 7.48. The van der Waals surface area contributed by atoms with Crippen LogP contribution in [-0.4, -0.2) is 57.4 Å². The second kappa shape index (κ2) is 10.5. The predicted molar refractivity (Wildman–Crippen MR) is 110 cm³/mol. The summed E-state index contributed by atoms with van der Waals surface area (Å²) in [5.41, 5.74) is 8.05. The Morgan fingerprint density at radius 1 is 1.31 bits per heavy atom. The third-order valence-electron chi connectivity index (χ3n) is 4.37. The highest BCUT2D eigenvalue weighted by Gasteiger charge is 2.14. The largest absolute Gasteiger partial charge is 0.476 e. The molecule has 3 rings (SSSR count). The van der Waals surface area contributed by atoms with E-state index < -0.39 is 5.91 Å². The second-order valence-electron chi connectivity index (χ2n) is 6.52. The van der Waals surface area contributed by atoms with Gasteiger partial charge in [0.2, 0.25) is 11.8 Å². The zero-order valence-corrected chi connectivity index (χ0v) is 16.5. The Labute approximate surface area is 169 Å². The van der Waals surface area contributed by atoms with Crippen molar-refractivity contribution < 1.29 is 14.3 Å². The summed E-state index contributed by atoms with van der Waals surface area (Å²) in [4.78, 5) is 18.1. The number of nitrogens with one attached hydrogen (secondary N) is 1. The van der Waals surface area contributed by atoms with Gasteiger partial charge in [0.1, 0.15) is 13.2 Å². The lowest BCUT2D eigenvalue weighted by molar-refractivity contribution is 0.100. The molecule has 1 aromatic carbocycles. The predicted octanol–water partition coefficient (Wildman–Crippen LogP) is 1.90. The van der Waals surface area contributed by atoms with Crippen molar-refractivity contribution >= 4 is 17.3 Å². The van der Waals surface area contributed by atoms with Gasteiger partial charge in [0.05, 0.1) is 24.6 Å². The van der Waals surface area contributed by atoms with Crippen LogP contribution >= 0.6 is 0 Å². The van der Waals surface area contributed by atoms with Gasteiger partial charge in [-0.1, -0.05) is 6.07 Å². The number of benzene rings is 1. The SMILES string of the molecule is CNCCOc1cc(N2CCOCC2)cc(CN=Nc2cccc(C(N)=O)c2)n1. The van der Waals surface area contributed by atoms with E-state index in [0.29, 0.717) is 43.5 Å². The first kappa shape index (κ1) is 20.7. The molecule has 0 spiro atoms. The van der Waals surface area contributed by atoms with Crippen molar-refractivity contribution in [3.05, 3.63) is 47.7 Å². The Bertz CT molecular complexity index is 852. The van der Waals surface area contributed by atoms with Gasteiger partial charge >= 0.3 is 0 Å². The van der Waals surface area contributed by atoms with Crippen molar-refractivity contribution in [2.45, 2.75) is 6.54 Å². The Balaban J connectivity index is 1.74. The summed E-state index contributed by atoms with van der Waals surface area (Å²) < 4.78 is 11.2. The number of carbonyl (C=O) groups is 1. The molecule has 1 fully saturated rings. The molecule has 2 aromatic rings. The summed E-state index contributed by atoms with van der Waals surface area (Å²) in [6, 6.07) is 10.7. The number of carbonyl (C=O) groups excluding carboxylic acids is 1.